The van der Waals surface area contributed by atoms with Gasteiger partial charge in [-0.1, -0.05) is 30.3 Å². The number of ether oxygens (including phenoxy) is 3. The Kier molecular flexibility index (Phi) is 9.45. The molecule has 0 aliphatic heterocycles. The summed E-state index contributed by atoms with van der Waals surface area (Å²) < 4.78 is 29.4. The molecule has 0 aliphatic rings. The first-order valence-corrected chi connectivity index (χ1v) is 9.56. The zero-order valence-corrected chi connectivity index (χ0v) is 18.0. The SMILES string of the molecule is COc1ccc(CCNCc2cccc(OCc3ccc(F)cc3)c2)cc1OC.Cl. The molecule has 3 rings (SSSR count). The van der Waals surface area contributed by atoms with E-state index >= 15 is 0 Å². The van der Waals surface area contributed by atoms with E-state index in [0.29, 0.717) is 6.61 Å². The Labute approximate surface area is 183 Å². The van der Waals surface area contributed by atoms with Gasteiger partial charge in [0, 0.05) is 6.54 Å². The van der Waals surface area contributed by atoms with E-state index < -0.39 is 0 Å². The van der Waals surface area contributed by atoms with Crippen LogP contribution in [0.25, 0.3) is 0 Å². The summed E-state index contributed by atoms with van der Waals surface area (Å²) in [4.78, 5) is 0. The van der Waals surface area contributed by atoms with Crippen LogP contribution in [0.15, 0.2) is 66.7 Å². The molecule has 4 nitrogen and oxygen atoms in total. The second-order valence-corrected chi connectivity index (χ2v) is 6.68. The summed E-state index contributed by atoms with van der Waals surface area (Å²) in [6, 6.07) is 20.3. The molecule has 0 aliphatic carbocycles. The van der Waals surface area contributed by atoms with Gasteiger partial charge in [-0.3, -0.25) is 0 Å². The summed E-state index contributed by atoms with van der Waals surface area (Å²) in [5.74, 6) is 2.04. The van der Waals surface area contributed by atoms with E-state index in [0.717, 1.165) is 47.9 Å². The monoisotopic (exact) mass is 431 g/mol. The fourth-order valence-electron chi connectivity index (χ4n) is 2.99. The molecule has 0 aromatic heterocycles. The van der Waals surface area contributed by atoms with Gasteiger partial charge in [-0.25, -0.2) is 4.39 Å². The minimum atomic E-state index is -0.241. The summed E-state index contributed by atoms with van der Waals surface area (Å²) in [5.41, 5.74) is 3.27. The Morgan fingerprint density at radius 1 is 0.800 bits per heavy atom. The van der Waals surface area contributed by atoms with Gasteiger partial charge in [-0.2, -0.15) is 0 Å². The molecule has 160 valence electrons. The van der Waals surface area contributed by atoms with Crippen molar-refractivity contribution in [1.29, 1.82) is 0 Å². The van der Waals surface area contributed by atoms with E-state index in [2.05, 4.69) is 11.4 Å². The molecule has 3 aromatic carbocycles. The zero-order valence-electron chi connectivity index (χ0n) is 17.2. The fourth-order valence-corrected chi connectivity index (χ4v) is 2.99. The van der Waals surface area contributed by atoms with Gasteiger partial charge >= 0.3 is 0 Å². The molecule has 1 N–H and O–H groups in total. The Bertz CT molecular complexity index is 919. The lowest BCUT2D eigenvalue weighted by atomic mass is 10.1. The zero-order chi connectivity index (χ0) is 20.5. The summed E-state index contributed by atoms with van der Waals surface area (Å²) in [6.45, 7) is 2.01. The van der Waals surface area contributed by atoms with Crippen molar-refractivity contribution in [3.05, 3.63) is 89.2 Å². The number of halogens is 2. The van der Waals surface area contributed by atoms with Crippen molar-refractivity contribution in [1.82, 2.24) is 5.32 Å². The lowest BCUT2D eigenvalue weighted by Crippen LogP contribution is -2.16. The summed E-state index contributed by atoms with van der Waals surface area (Å²) in [7, 11) is 3.28. The van der Waals surface area contributed by atoms with Gasteiger partial charge < -0.3 is 19.5 Å². The second-order valence-electron chi connectivity index (χ2n) is 6.68. The summed E-state index contributed by atoms with van der Waals surface area (Å²) in [5, 5.41) is 3.45. The first kappa shape index (κ1) is 23.5. The molecule has 0 fully saturated rings. The molecule has 3 aromatic rings. The number of rotatable bonds is 10. The molecule has 0 bridgehead atoms. The van der Waals surface area contributed by atoms with E-state index in [4.69, 9.17) is 14.2 Å². The number of hydrogen-bond acceptors (Lipinski definition) is 4. The van der Waals surface area contributed by atoms with Crippen LogP contribution in [0.3, 0.4) is 0 Å². The molecule has 0 saturated carbocycles. The number of nitrogens with one attached hydrogen (secondary N) is 1. The third-order valence-electron chi connectivity index (χ3n) is 4.58. The highest BCUT2D eigenvalue weighted by molar-refractivity contribution is 5.85. The predicted molar refractivity (Wildman–Crippen MR) is 119 cm³/mol. The highest BCUT2D eigenvalue weighted by Crippen LogP contribution is 2.27. The molecule has 0 spiro atoms. The second kappa shape index (κ2) is 12.1. The molecule has 0 saturated heterocycles. The lowest BCUT2D eigenvalue weighted by Gasteiger charge is -2.11. The maximum absolute atomic E-state index is 13.0. The predicted octanol–water partition coefficient (Wildman–Crippen LogP) is 5.18. The van der Waals surface area contributed by atoms with Crippen LogP contribution in [0.2, 0.25) is 0 Å². The third kappa shape index (κ3) is 6.94. The van der Waals surface area contributed by atoms with Gasteiger partial charge in [0.2, 0.25) is 0 Å². The minimum Gasteiger partial charge on any atom is -0.493 e. The number of hydrogen-bond donors (Lipinski definition) is 1. The van der Waals surface area contributed by atoms with E-state index in [1.165, 1.54) is 17.7 Å². The first-order valence-electron chi connectivity index (χ1n) is 9.56. The molecular formula is C24H27ClFNO3. The van der Waals surface area contributed by atoms with Crippen LogP contribution >= 0.6 is 12.4 Å². The van der Waals surface area contributed by atoms with Crippen molar-refractivity contribution in [2.75, 3.05) is 20.8 Å². The van der Waals surface area contributed by atoms with Crippen LogP contribution in [0, 0.1) is 5.82 Å². The normalized spacial score (nSPS) is 10.2. The lowest BCUT2D eigenvalue weighted by molar-refractivity contribution is 0.305. The Morgan fingerprint density at radius 3 is 2.27 bits per heavy atom. The largest absolute Gasteiger partial charge is 0.493 e. The van der Waals surface area contributed by atoms with Crippen molar-refractivity contribution in [2.45, 2.75) is 19.6 Å². The molecule has 0 radical (unpaired) electrons. The van der Waals surface area contributed by atoms with E-state index in [1.807, 2.05) is 36.4 Å². The minimum absolute atomic E-state index is 0. The van der Waals surface area contributed by atoms with Crippen LogP contribution < -0.4 is 19.5 Å². The highest BCUT2D eigenvalue weighted by atomic mass is 35.5. The molecule has 0 atom stereocenters. The maximum atomic E-state index is 13.0. The first-order chi connectivity index (χ1) is 14.2. The van der Waals surface area contributed by atoms with Gasteiger partial charge in [-0.15, -0.1) is 12.4 Å². The Balaban J connectivity index is 0.00000320. The highest BCUT2D eigenvalue weighted by Gasteiger charge is 2.04. The van der Waals surface area contributed by atoms with Crippen LogP contribution in [0.5, 0.6) is 17.2 Å². The molecule has 0 unspecified atom stereocenters. The average Bonchev–Trinajstić information content (AvgIpc) is 2.76. The van der Waals surface area contributed by atoms with Crippen molar-refractivity contribution in [3.63, 3.8) is 0 Å². The standard InChI is InChI=1S/C24H26FNO3.ClH/c1-27-23-11-8-18(15-24(23)28-2)12-13-26-16-20-4-3-5-22(14-20)29-17-19-6-9-21(25)10-7-19;/h3-11,14-15,26H,12-13,16-17H2,1-2H3;1H. The van der Waals surface area contributed by atoms with Crippen LogP contribution in [0.4, 0.5) is 4.39 Å². The van der Waals surface area contributed by atoms with E-state index in [-0.39, 0.29) is 18.2 Å². The van der Waals surface area contributed by atoms with Gasteiger partial charge in [0.05, 0.1) is 14.2 Å². The van der Waals surface area contributed by atoms with Crippen LogP contribution in [0.1, 0.15) is 16.7 Å². The topological polar surface area (TPSA) is 39.7 Å². The van der Waals surface area contributed by atoms with Crippen LogP contribution in [-0.4, -0.2) is 20.8 Å². The fraction of sp³-hybridized carbons (Fsp3) is 0.250. The van der Waals surface area contributed by atoms with Gasteiger partial charge in [0.15, 0.2) is 11.5 Å². The third-order valence-corrected chi connectivity index (χ3v) is 4.58. The van der Waals surface area contributed by atoms with Crippen molar-refractivity contribution >= 4 is 12.4 Å². The van der Waals surface area contributed by atoms with E-state index in [9.17, 15) is 4.39 Å². The molecule has 30 heavy (non-hydrogen) atoms. The Morgan fingerprint density at radius 2 is 1.53 bits per heavy atom. The smallest absolute Gasteiger partial charge is 0.160 e. The quantitative estimate of drug-likeness (QED) is 0.449. The van der Waals surface area contributed by atoms with Crippen molar-refractivity contribution in [3.8, 4) is 17.2 Å². The van der Waals surface area contributed by atoms with Gasteiger partial charge in [0.1, 0.15) is 18.2 Å². The molecule has 0 heterocycles. The average molecular weight is 432 g/mol. The summed E-state index contributed by atoms with van der Waals surface area (Å²) >= 11 is 0. The van der Waals surface area contributed by atoms with E-state index in [1.54, 1.807) is 26.4 Å². The maximum Gasteiger partial charge on any atom is 0.160 e. The molecule has 6 heteroatoms. The van der Waals surface area contributed by atoms with Crippen LogP contribution in [-0.2, 0) is 19.6 Å². The number of benzene rings is 3. The van der Waals surface area contributed by atoms with Crippen molar-refractivity contribution in [2.24, 2.45) is 0 Å². The number of methoxy groups -OCH3 is 2. The summed E-state index contributed by atoms with van der Waals surface area (Å²) in [6.07, 6.45) is 0.890. The van der Waals surface area contributed by atoms with Gasteiger partial charge in [-0.05, 0) is 66.1 Å². The molecular weight excluding hydrogens is 405 g/mol. The van der Waals surface area contributed by atoms with Gasteiger partial charge in [0.25, 0.3) is 0 Å². The van der Waals surface area contributed by atoms with Crippen molar-refractivity contribution < 1.29 is 18.6 Å². The Hall–Kier alpha value is -2.76. The molecule has 0 amide bonds.